The molecule has 0 aromatic heterocycles. The zero-order valence-corrected chi connectivity index (χ0v) is 10.8. The monoisotopic (exact) mass is 255 g/mol. The number of carbonyl (C=O) groups excluding carboxylic acids is 1. The SMILES string of the molecule is CCN(CC)S(=O)(=O)CCCCC(=O)Cl. The Morgan fingerprint density at radius 1 is 1.20 bits per heavy atom. The van der Waals surface area contributed by atoms with Gasteiger partial charge in [-0.05, 0) is 24.4 Å². The zero-order valence-electron chi connectivity index (χ0n) is 9.20. The van der Waals surface area contributed by atoms with Crippen molar-refractivity contribution in [3.63, 3.8) is 0 Å². The number of hydrogen-bond acceptors (Lipinski definition) is 3. The van der Waals surface area contributed by atoms with E-state index in [2.05, 4.69) is 0 Å². The molecule has 0 unspecified atom stereocenters. The number of nitrogens with zero attached hydrogens (tertiary/aromatic N) is 1. The van der Waals surface area contributed by atoms with Crippen LogP contribution in [-0.4, -0.2) is 36.8 Å². The zero-order chi connectivity index (χ0) is 11.9. The standard InChI is InChI=1S/C9H18ClNO3S/c1-3-11(4-2)15(13,14)8-6-5-7-9(10)12/h3-8H2,1-2H3. The summed E-state index contributed by atoms with van der Waals surface area (Å²) in [5.41, 5.74) is 0. The second kappa shape index (κ2) is 7.19. The number of hydrogen-bond donors (Lipinski definition) is 0. The van der Waals surface area contributed by atoms with Crippen LogP contribution in [0.1, 0.15) is 33.1 Å². The summed E-state index contributed by atoms with van der Waals surface area (Å²) >= 11 is 5.15. The molecule has 0 N–H and O–H groups in total. The molecule has 0 rings (SSSR count). The minimum Gasteiger partial charge on any atom is -0.281 e. The van der Waals surface area contributed by atoms with Crippen molar-refractivity contribution in [1.82, 2.24) is 4.31 Å². The lowest BCUT2D eigenvalue weighted by atomic mass is 10.3. The molecule has 0 saturated heterocycles. The maximum atomic E-state index is 11.6. The molecule has 0 aliphatic heterocycles. The van der Waals surface area contributed by atoms with Crippen LogP contribution in [0.3, 0.4) is 0 Å². The maximum absolute atomic E-state index is 11.6. The third-order valence-electron chi connectivity index (χ3n) is 2.12. The van der Waals surface area contributed by atoms with E-state index in [-0.39, 0.29) is 12.2 Å². The van der Waals surface area contributed by atoms with Gasteiger partial charge in [-0.25, -0.2) is 12.7 Å². The fourth-order valence-corrected chi connectivity index (χ4v) is 3.04. The minimum absolute atomic E-state index is 0.0961. The molecule has 0 spiro atoms. The molecule has 0 amide bonds. The van der Waals surface area contributed by atoms with Gasteiger partial charge in [-0.15, -0.1) is 0 Å². The highest BCUT2D eigenvalue weighted by Gasteiger charge is 2.17. The number of halogens is 1. The molecule has 0 fully saturated rings. The first-order chi connectivity index (χ1) is 6.94. The van der Waals surface area contributed by atoms with Crippen LogP contribution in [0.4, 0.5) is 0 Å². The van der Waals surface area contributed by atoms with Crippen LogP contribution in [0, 0.1) is 0 Å². The molecule has 0 aliphatic carbocycles. The van der Waals surface area contributed by atoms with Gasteiger partial charge in [0.05, 0.1) is 5.75 Å². The van der Waals surface area contributed by atoms with E-state index >= 15 is 0 Å². The quantitative estimate of drug-likeness (QED) is 0.489. The lowest BCUT2D eigenvalue weighted by Crippen LogP contribution is -2.32. The number of carbonyl (C=O) groups is 1. The Balaban J connectivity index is 3.99. The summed E-state index contributed by atoms with van der Waals surface area (Å²) in [6.07, 6.45) is 1.26. The average molecular weight is 256 g/mol. The molecule has 0 saturated carbocycles. The first-order valence-corrected chi connectivity index (χ1v) is 7.09. The molecule has 0 aliphatic rings. The van der Waals surface area contributed by atoms with Crippen LogP contribution in [-0.2, 0) is 14.8 Å². The molecule has 6 heteroatoms. The van der Waals surface area contributed by atoms with Gasteiger partial charge in [0, 0.05) is 19.5 Å². The molecule has 0 radical (unpaired) electrons. The first-order valence-electron chi connectivity index (χ1n) is 5.10. The van der Waals surface area contributed by atoms with Gasteiger partial charge in [0.1, 0.15) is 0 Å². The second-order valence-corrected chi connectivity index (χ2v) is 5.72. The normalized spacial score (nSPS) is 12.0. The van der Waals surface area contributed by atoms with Gasteiger partial charge < -0.3 is 0 Å². The van der Waals surface area contributed by atoms with Crippen molar-refractivity contribution < 1.29 is 13.2 Å². The molecular formula is C9H18ClNO3S. The van der Waals surface area contributed by atoms with Crippen molar-refractivity contribution in [1.29, 1.82) is 0 Å². The van der Waals surface area contributed by atoms with Crippen LogP contribution in [0.5, 0.6) is 0 Å². The highest BCUT2D eigenvalue weighted by atomic mass is 35.5. The molecule has 15 heavy (non-hydrogen) atoms. The predicted octanol–water partition coefficient (Wildman–Crippen LogP) is 1.59. The molecule has 90 valence electrons. The van der Waals surface area contributed by atoms with Crippen molar-refractivity contribution in [2.45, 2.75) is 33.1 Å². The van der Waals surface area contributed by atoms with Crippen LogP contribution < -0.4 is 0 Å². The number of unbranched alkanes of at least 4 members (excludes halogenated alkanes) is 1. The molecule has 4 nitrogen and oxygen atoms in total. The number of sulfonamides is 1. The van der Waals surface area contributed by atoms with Crippen molar-refractivity contribution in [3.8, 4) is 0 Å². The molecule has 0 aromatic rings. The Bertz CT molecular complexity index is 286. The van der Waals surface area contributed by atoms with E-state index in [1.54, 1.807) is 0 Å². The Kier molecular flexibility index (Phi) is 7.13. The van der Waals surface area contributed by atoms with E-state index in [0.717, 1.165) is 0 Å². The van der Waals surface area contributed by atoms with E-state index in [9.17, 15) is 13.2 Å². The lowest BCUT2D eigenvalue weighted by Gasteiger charge is -2.17. The maximum Gasteiger partial charge on any atom is 0.221 e. The van der Waals surface area contributed by atoms with E-state index < -0.39 is 15.3 Å². The third-order valence-corrected chi connectivity index (χ3v) is 4.42. The summed E-state index contributed by atoms with van der Waals surface area (Å²) < 4.78 is 24.7. The molecule has 0 atom stereocenters. The number of rotatable bonds is 8. The summed E-state index contributed by atoms with van der Waals surface area (Å²) in [5.74, 6) is 0.0961. The van der Waals surface area contributed by atoms with Gasteiger partial charge in [0.25, 0.3) is 0 Å². The second-order valence-electron chi connectivity index (χ2n) is 3.21. The largest absolute Gasteiger partial charge is 0.281 e. The van der Waals surface area contributed by atoms with Crippen molar-refractivity contribution in [3.05, 3.63) is 0 Å². The van der Waals surface area contributed by atoms with Gasteiger partial charge in [-0.1, -0.05) is 13.8 Å². The van der Waals surface area contributed by atoms with E-state index in [1.165, 1.54) is 4.31 Å². The van der Waals surface area contributed by atoms with E-state index in [4.69, 9.17) is 11.6 Å². The predicted molar refractivity (Wildman–Crippen MR) is 61.4 cm³/mol. The summed E-state index contributed by atoms with van der Waals surface area (Å²) in [5, 5.41) is -0.407. The lowest BCUT2D eigenvalue weighted by molar-refractivity contribution is -0.111. The Morgan fingerprint density at radius 3 is 2.13 bits per heavy atom. The molecular weight excluding hydrogens is 238 g/mol. The summed E-state index contributed by atoms with van der Waals surface area (Å²) in [4.78, 5) is 10.4. The smallest absolute Gasteiger partial charge is 0.221 e. The average Bonchev–Trinajstić information content (AvgIpc) is 2.14. The van der Waals surface area contributed by atoms with Crippen LogP contribution in [0.25, 0.3) is 0 Å². The van der Waals surface area contributed by atoms with Gasteiger partial charge in [-0.2, -0.15) is 0 Å². The summed E-state index contributed by atoms with van der Waals surface area (Å²) in [6.45, 7) is 4.60. The van der Waals surface area contributed by atoms with Crippen molar-refractivity contribution in [2.24, 2.45) is 0 Å². The van der Waals surface area contributed by atoms with Crippen molar-refractivity contribution in [2.75, 3.05) is 18.8 Å². The summed E-state index contributed by atoms with van der Waals surface area (Å²) in [6, 6.07) is 0. The highest BCUT2D eigenvalue weighted by Crippen LogP contribution is 2.06. The Hall–Kier alpha value is -0.130. The Labute approximate surface area is 96.6 Å². The van der Waals surface area contributed by atoms with Gasteiger partial charge in [0.2, 0.25) is 15.3 Å². The molecule has 0 aromatic carbocycles. The molecule has 0 bridgehead atoms. The van der Waals surface area contributed by atoms with Crippen molar-refractivity contribution >= 4 is 26.9 Å². The van der Waals surface area contributed by atoms with Crippen LogP contribution >= 0.6 is 11.6 Å². The van der Waals surface area contributed by atoms with Gasteiger partial charge in [0.15, 0.2) is 0 Å². The van der Waals surface area contributed by atoms with Gasteiger partial charge in [-0.3, -0.25) is 4.79 Å². The summed E-state index contributed by atoms with van der Waals surface area (Å²) in [7, 11) is -3.14. The van der Waals surface area contributed by atoms with Crippen LogP contribution in [0.2, 0.25) is 0 Å². The topological polar surface area (TPSA) is 54.5 Å². The third kappa shape index (κ3) is 6.12. The Morgan fingerprint density at radius 2 is 1.73 bits per heavy atom. The highest BCUT2D eigenvalue weighted by molar-refractivity contribution is 7.89. The fraction of sp³-hybridized carbons (Fsp3) is 0.889. The first kappa shape index (κ1) is 14.9. The van der Waals surface area contributed by atoms with Gasteiger partial charge >= 0.3 is 0 Å². The minimum atomic E-state index is -3.14. The molecule has 0 heterocycles. The fourth-order valence-electron chi connectivity index (χ4n) is 1.29. The van der Waals surface area contributed by atoms with E-state index in [0.29, 0.717) is 25.9 Å². The van der Waals surface area contributed by atoms with Crippen LogP contribution in [0.15, 0.2) is 0 Å². The van der Waals surface area contributed by atoms with E-state index in [1.807, 2.05) is 13.8 Å².